The highest BCUT2D eigenvalue weighted by molar-refractivity contribution is 7.89. The van der Waals surface area contributed by atoms with Gasteiger partial charge < -0.3 is 9.73 Å². The van der Waals surface area contributed by atoms with Gasteiger partial charge in [0.25, 0.3) is 5.91 Å². The van der Waals surface area contributed by atoms with Crippen molar-refractivity contribution in [3.05, 3.63) is 47.4 Å². The van der Waals surface area contributed by atoms with E-state index >= 15 is 0 Å². The van der Waals surface area contributed by atoms with E-state index in [-0.39, 0.29) is 10.8 Å². The molecule has 0 radical (unpaired) electrons. The molecule has 0 aliphatic heterocycles. The van der Waals surface area contributed by atoms with Crippen LogP contribution in [0.1, 0.15) is 21.7 Å². The third-order valence-electron chi connectivity index (χ3n) is 3.34. The van der Waals surface area contributed by atoms with E-state index in [9.17, 15) is 13.2 Å². The maximum absolute atomic E-state index is 12.2. The van der Waals surface area contributed by atoms with Gasteiger partial charge in [-0.2, -0.15) is 0 Å². The van der Waals surface area contributed by atoms with Crippen LogP contribution in [0, 0.1) is 13.8 Å². The zero-order valence-corrected chi connectivity index (χ0v) is 13.7. The number of carbonyl (C=O) groups excluding carboxylic acids is 1. The van der Waals surface area contributed by atoms with Crippen molar-refractivity contribution in [1.29, 1.82) is 0 Å². The highest BCUT2D eigenvalue weighted by atomic mass is 32.2. The molecule has 0 saturated carbocycles. The van der Waals surface area contributed by atoms with Gasteiger partial charge in [-0.05, 0) is 37.6 Å². The second-order valence-electron chi connectivity index (χ2n) is 5.11. The number of hydrogen-bond acceptors (Lipinski definition) is 4. The third kappa shape index (κ3) is 3.05. The fourth-order valence-electron chi connectivity index (χ4n) is 1.92. The van der Waals surface area contributed by atoms with Crippen LogP contribution in [0.4, 0.5) is 5.69 Å². The Morgan fingerprint density at radius 2 is 1.86 bits per heavy atom. The molecule has 6 nitrogen and oxygen atoms in total. The van der Waals surface area contributed by atoms with Crippen LogP contribution in [0.3, 0.4) is 0 Å². The molecule has 0 bridgehead atoms. The fourth-order valence-corrected chi connectivity index (χ4v) is 2.85. The van der Waals surface area contributed by atoms with Crippen molar-refractivity contribution >= 4 is 21.6 Å². The monoisotopic (exact) mass is 322 g/mol. The third-order valence-corrected chi connectivity index (χ3v) is 5.15. The lowest BCUT2D eigenvalue weighted by atomic mass is 10.2. The van der Waals surface area contributed by atoms with E-state index in [2.05, 4.69) is 5.32 Å². The van der Waals surface area contributed by atoms with Crippen molar-refractivity contribution in [2.75, 3.05) is 19.4 Å². The van der Waals surface area contributed by atoms with Crippen LogP contribution < -0.4 is 5.32 Å². The minimum Gasteiger partial charge on any atom is -0.469 e. The molecule has 0 aliphatic carbocycles. The topological polar surface area (TPSA) is 79.6 Å². The molecule has 2 rings (SSSR count). The Morgan fingerprint density at radius 1 is 1.18 bits per heavy atom. The first-order valence-electron chi connectivity index (χ1n) is 6.62. The molecule has 0 atom stereocenters. The van der Waals surface area contributed by atoms with Crippen LogP contribution in [0.25, 0.3) is 0 Å². The molecule has 0 unspecified atom stereocenters. The van der Waals surface area contributed by atoms with Gasteiger partial charge in [0.1, 0.15) is 5.76 Å². The van der Waals surface area contributed by atoms with Gasteiger partial charge >= 0.3 is 0 Å². The number of sulfonamides is 1. The lowest BCUT2D eigenvalue weighted by Crippen LogP contribution is -2.22. The Hall–Kier alpha value is -2.12. The van der Waals surface area contributed by atoms with Crippen LogP contribution in [0.15, 0.2) is 39.8 Å². The largest absolute Gasteiger partial charge is 0.469 e. The van der Waals surface area contributed by atoms with Gasteiger partial charge in [0.15, 0.2) is 0 Å². The van der Waals surface area contributed by atoms with Crippen molar-refractivity contribution in [3.63, 3.8) is 0 Å². The predicted octanol–water partition coefficient (Wildman–Crippen LogP) is 2.40. The van der Waals surface area contributed by atoms with Gasteiger partial charge in [0, 0.05) is 19.8 Å². The lowest BCUT2D eigenvalue weighted by molar-refractivity contribution is 0.102. The van der Waals surface area contributed by atoms with Crippen molar-refractivity contribution in [3.8, 4) is 0 Å². The lowest BCUT2D eigenvalue weighted by Gasteiger charge is -2.14. The summed E-state index contributed by atoms with van der Waals surface area (Å²) in [5.74, 6) is 0.168. The minimum atomic E-state index is -3.55. The summed E-state index contributed by atoms with van der Waals surface area (Å²) in [4.78, 5) is 12.3. The number of anilines is 1. The van der Waals surface area contributed by atoms with Crippen molar-refractivity contribution in [2.45, 2.75) is 18.7 Å². The number of aryl methyl sites for hydroxylation is 2. The highest BCUT2D eigenvalue weighted by Gasteiger charge is 2.19. The molecule has 1 amide bonds. The molecule has 0 fully saturated rings. The van der Waals surface area contributed by atoms with Gasteiger partial charge in [-0.1, -0.05) is 6.07 Å². The van der Waals surface area contributed by atoms with E-state index in [0.717, 1.165) is 9.87 Å². The second kappa shape index (κ2) is 5.94. The predicted molar refractivity (Wildman–Crippen MR) is 83.5 cm³/mol. The van der Waals surface area contributed by atoms with Crippen LogP contribution >= 0.6 is 0 Å². The van der Waals surface area contributed by atoms with Crippen molar-refractivity contribution < 1.29 is 17.6 Å². The second-order valence-corrected chi connectivity index (χ2v) is 7.26. The fraction of sp³-hybridized carbons (Fsp3) is 0.267. The smallest absolute Gasteiger partial charge is 0.259 e. The molecule has 22 heavy (non-hydrogen) atoms. The van der Waals surface area contributed by atoms with E-state index in [1.165, 1.54) is 32.5 Å². The summed E-state index contributed by atoms with van der Waals surface area (Å²) in [6, 6.07) is 6.20. The van der Waals surface area contributed by atoms with Gasteiger partial charge in [0.05, 0.1) is 16.7 Å². The quantitative estimate of drug-likeness (QED) is 0.937. The number of nitrogens with zero attached hydrogens (tertiary/aromatic N) is 1. The molecular weight excluding hydrogens is 304 g/mol. The first-order valence-corrected chi connectivity index (χ1v) is 8.06. The zero-order chi connectivity index (χ0) is 16.5. The van der Waals surface area contributed by atoms with Crippen molar-refractivity contribution in [1.82, 2.24) is 4.31 Å². The Morgan fingerprint density at radius 3 is 2.41 bits per heavy atom. The van der Waals surface area contributed by atoms with E-state index < -0.39 is 10.0 Å². The van der Waals surface area contributed by atoms with E-state index in [1.807, 2.05) is 0 Å². The van der Waals surface area contributed by atoms with E-state index in [0.29, 0.717) is 17.0 Å². The molecule has 1 aromatic carbocycles. The maximum Gasteiger partial charge on any atom is 0.259 e. The summed E-state index contributed by atoms with van der Waals surface area (Å²) in [7, 11) is -0.629. The minimum absolute atomic E-state index is 0.127. The summed E-state index contributed by atoms with van der Waals surface area (Å²) in [5.41, 5.74) is 1.64. The first-order chi connectivity index (χ1) is 10.2. The van der Waals surface area contributed by atoms with Crippen LogP contribution in [-0.4, -0.2) is 32.7 Å². The van der Waals surface area contributed by atoms with Crippen LogP contribution in [0.5, 0.6) is 0 Å². The average Bonchev–Trinajstić information content (AvgIpc) is 2.87. The van der Waals surface area contributed by atoms with Gasteiger partial charge in [-0.3, -0.25) is 4.79 Å². The summed E-state index contributed by atoms with van der Waals surface area (Å²) in [6.07, 6.45) is 1.43. The van der Waals surface area contributed by atoms with E-state index in [4.69, 9.17) is 4.42 Å². The number of carbonyl (C=O) groups is 1. The van der Waals surface area contributed by atoms with Crippen LogP contribution in [-0.2, 0) is 10.0 Å². The molecule has 1 N–H and O–H groups in total. The Balaban J connectivity index is 2.36. The Kier molecular flexibility index (Phi) is 4.39. The van der Waals surface area contributed by atoms with Gasteiger partial charge in [-0.15, -0.1) is 0 Å². The SMILES string of the molecule is Cc1ccc(S(=O)(=O)N(C)C)cc1NC(=O)c1ccoc1C. The number of hydrogen-bond donors (Lipinski definition) is 1. The number of nitrogens with one attached hydrogen (secondary N) is 1. The van der Waals surface area contributed by atoms with E-state index in [1.54, 1.807) is 26.0 Å². The maximum atomic E-state index is 12.2. The van der Waals surface area contributed by atoms with Crippen LogP contribution in [0.2, 0.25) is 0 Å². The first kappa shape index (κ1) is 16.3. The number of furan rings is 1. The summed E-state index contributed by atoms with van der Waals surface area (Å²) < 4.78 is 30.6. The molecule has 1 heterocycles. The van der Waals surface area contributed by atoms with Gasteiger partial charge in [-0.25, -0.2) is 12.7 Å². The summed E-state index contributed by atoms with van der Waals surface area (Å²) >= 11 is 0. The zero-order valence-electron chi connectivity index (χ0n) is 12.9. The molecule has 0 spiro atoms. The molecule has 7 heteroatoms. The standard InChI is InChI=1S/C15H18N2O4S/c1-10-5-6-12(22(19,20)17(3)4)9-14(10)16-15(18)13-7-8-21-11(13)2/h5-9H,1-4H3,(H,16,18). The number of benzene rings is 1. The van der Waals surface area contributed by atoms with Crippen molar-refractivity contribution in [2.24, 2.45) is 0 Å². The summed E-state index contributed by atoms with van der Waals surface area (Å²) in [5, 5.41) is 2.72. The molecule has 118 valence electrons. The molecule has 1 aromatic heterocycles. The Bertz CT molecular complexity index is 807. The molecular formula is C15H18N2O4S. The van der Waals surface area contributed by atoms with Gasteiger partial charge in [0.2, 0.25) is 10.0 Å². The highest BCUT2D eigenvalue weighted by Crippen LogP contribution is 2.23. The summed E-state index contributed by atoms with van der Waals surface area (Å²) in [6.45, 7) is 3.48. The molecule has 0 saturated heterocycles. The average molecular weight is 322 g/mol. The number of amides is 1. The molecule has 2 aromatic rings. The normalized spacial score (nSPS) is 11.7. The Labute approximate surface area is 129 Å². The number of rotatable bonds is 4. The molecule has 0 aliphatic rings.